The number of methoxy groups -OCH3 is 1. The van der Waals surface area contributed by atoms with Crippen LogP contribution in [-0.2, 0) is 4.74 Å². The van der Waals surface area contributed by atoms with Crippen molar-refractivity contribution in [1.82, 2.24) is 4.68 Å². The van der Waals surface area contributed by atoms with Crippen LogP contribution in [0.15, 0.2) is 65.0 Å². The molecule has 0 bridgehead atoms. The summed E-state index contributed by atoms with van der Waals surface area (Å²) in [5.74, 6) is 0.774. The largest absolute Gasteiger partial charge is 0.494 e. The van der Waals surface area contributed by atoms with Gasteiger partial charge in [0.15, 0.2) is 0 Å². The zero-order chi connectivity index (χ0) is 17.8. The summed E-state index contributed by atoms with van der Waals surface area (Å²) in [7, 11) is 1.67. The molecule has 5 nitrogen and oxygen atoms in total. The smallest absolute Gasteiger partial charge is 0.209 e. The van der Waals surface area contributed by atoms with E-state index in [1.807, 2.05) is 30.3 Å². The summed E-state index contributed by atoms with van der Waals surface area (Å²) in [6, 6.07) is 18.3. The molecule has 0 amide bonds. The van der Waals surface area contributed by atoms with Crippen molar-refractivity contribution in [3.05, 3.63) is 64.8 Å². The lowest BCUT2D eigenvalue weighted by Crippen LogP contribution is -2.48. The molecular formula is C20H22BrN3O2S. The zero-order valence-corrected chi connectivity index (χ0v) is 17.6. The van der Waals surface area contributed by atoms with Gasteiger partial charge in [0.05, 0.1) is 39.1 Å². The fraction of sp³-hybridized carbons (Fsp3) is 0.250. The number of halogens is 1. The predicted octanol–water partition coefficient (Wildman–Crippen LogP) is 4.00. The lowest BCUT2D eigenvalue weighted by Gasteiger charge is -2.31. The van der Waals surface area contributed by atoms with Crippen LogP contribution < -0.4 is 14.5 Å². The minimum absolute atomic E-state index is 0. The Morgan fingerprint density at radius 1 is 1.00 bits per heavy atom. The Labute approximate surface area is 173 Å². The number of aromatic nitrogens is 1. The van der Waals surface area contributed by atoms with Crippen molar-refractivity contribution >= 4 is 34.0 Å². The average Bonchev–Trinajstić information content (AvgIpc) is 3.13. The molecule has 142 valence electrons. The van der Waals surface area contributed by atoms with Gasteiger partial charge in [-0.25, -0.2) is 9.67 Å². The maximum Gasteiger partial charge on any atom is 0.209 e. The van der Waals surface area contributed by atoms with E-state index in [-0.39, 0.29) is 17.0 Å². The van der Waals surface area contributed by atoms with E-state index in [2.05, 4.69) is 39.3 Å². The third-order valence-corrected chi connectivity index (χ3v) is 5.14. The third kappa shape index (κ3) is 4.26. The van der Waals surface area contributed by atoms with E-state index in [4.69, 9.17) is 14.5 Å². The standard InChI is InChI=1S/C20H21N3O2S.BrH/c1-24-19-10-6-5-9-17(19)21-20-23(22-11-13-25-14-12-22)18(15-26-20)16-7-3-2-4-8-16;/h2-10,15H,11-14H2,1H3;1H. The van der Waals surface area contributed by atoms with Crippen molar-refractivity contribution in [1.29, 1.82) is 0 Å². The average molecular weight is 448 g/mol. The minimum Gasteiger partial charge on any atom is -0.494 e. The molecule has 2 heterocycles. The van der Waals surface area contributed by atoms with Gasteiger partial charge >= 0.3 is 0 Å². The number of benzene rings is 2. The monoisotopic (exact) mass is 447 g/mol. The van der Waals surface area contributed by atoms with Crippen LogP contribution >= 0.6 is 28.3 Å². The molecule has 1 aromatic heterocycles. The quantitative estimate of drug-likeness (QED) is 0.606. The summed E-state index contributed by atoms with van der Waals surface area (Å²) in [6.07, 6.45) is 0. The predicted molar refractivity (Wildman–Crippen MR) is 115 cm³/mol. The van der Waals surface area contributed by atoms with E-state index in [1.54, 1.807) is 18.4 Å². The van der Waals surface area contributed by atoms with Crippen LogP contribution in [0, 0.1) is 0 Å². The van der Waals surface area contributed by atoms with Crippen LogP contribution in [0.1, 0.15) is 0 Å². The highest BCUT2D eigenvalue weighted by atomic mass is 79.9. The third-order valence-electron chi connectivity index (χ3n) is 4.33. The van der Waals surface area contributed by atoms with E-state index < -0.39 is 0 Å². The van der Waals surface area contributed by atoms with Crippen molar-refractivity contribution in [2.24, 2.45) is 4.99 Å². The van der Waals surface area contributed by atoms with Gasteiger partial charge in [0.2, 0.25) is 4.80 Å². The Balaban J connectivity index is 0.00000210. The lowest BCUT2D eigenvalue weighted by atomic mass is 10.2. The van der Waals surface area contributed by atoms with E-state index in [0.717, 1.165) is 48.2 Å². The van der Waals surface area contributed by atoms with Gasteiger partial charge in [-0.3, -0.25) is 0 Å². The van der Waals surface area contributed by atoms with Gasteiger partial charge in [0.25, 0.3) is 0 Å². The van der Waals surface area contributed by atoms with Gasteiger partial charge in [-0.2, -0.15) is 0 Å². The second-order valence-electron chi connectivity index (χ2n) is 5.93. The van der Waals surface area contributed by atoms with Crippen molar-refractivity contribution in [3.63, 3.8) is 0 Å². The molecule has 1 aliphatic rings. The molecule has 0 radical (unpaired) electrons. The number of rotatable bonds is 4. The highest BCUT2D eigenvalue weighted by molar-refractivity contribution is 8.93. The van der Waals surface area contributed by atoms with Crippen molar-refractivity contribution in [2.45, 2.75) is 0 Å². The maximum atomic E-state index is 5.54. The first-order chi connectivity index (χ1) is 12.9. The fourth-order valence-corrected chi connectivity index (χ4v) is 3.95. The van der Waals surface area contributed by atoms with Crippen molar-refractivity contribution < 1.29 is 9.47 Å². The molecule has 4 rings (SSSR count). The summed E-state index contributed by atoms with van der Waals surface area (Å²) in [6.45, 7) is 3.14. The molecule has 3 aromatic rings. The Hall–Kier alpha value is -2.09. The van der Waals surface area contributed by atoms with Crippen LogP contribution in [0.25, 0.3) is 11.3 Å². The minimum atomic E-state index is 0. The van der Waals surface area contributed by atoms with E-state index >= 15 is 0 Å². The first kappa shape index (κ1) is 19.7. The summed E-state index contributed by atoms with van der Waals surface area (Å²) in [4.78, 5) is 5.83. The maximum absolute atomic E-state index is 5.54. The number of hydrogen-bond donors (Lipinski definition) is 0. The van der Waals surface area contributed by atoms with Gasteiger partial charge in [0, 0.05) is 10.9 Å². The highest BCUT2D eigenvalue weighted by Crippen LogP contribution is 2.27. The Bertz CT molecular complexity index is 934. The number of para-hydroxylation sites is 2. The van der Waals surface area contributed by atoms with Crippen LogP contribution in [-0.4, -0.2) is 38.1 Å². The van der Waals surface area contributed by atoms with E-state index in [1.165, 1.54) is 5.56 Å². The zero-order valence-electron chi connectivity index (χ0n) is 15.1. The second-order valence-corrected chi connectivity index (χ2v) is 6.77. The lowest BCUT2D eigenvalue weighted by molar-refractivity contribution is 0.111. The van der Waals surface area contributed by atoms with Gasteiger partial charge < -0.3 is 14.5 Å². The van der Waals surface area contributed by atoms with E-state index in [0.29, 0.717) is 0 Å². The molecule has 0 atom stereocenters. The van der Waals surface area contributed by atoms with Gasteiger partial charge in [-0.1, -0.05) is 42.5 Å². The first-order valence-corrected chi connectivity index (χ1v) is 9.51. The number of thiazole rings is 1. The van der Waals surface area contributed by atoms with Crippen molar-refractivity contribution in [2.75, 3.05) is 38.4 Å². The fourth-order valence-electron chi connectivity index (χ4n) is 3.04. The number of ether oxygens (including phenoxy) is 2. The summed E-state index contributed by atoms with van der Waals surface area (Å²) >= 11 is 1.64. The summed E-state index contributed by atoms with van der Waals surface area (Å²) in [5.41, 5.74) is 3.15. The first-order valence-electron chi connectivity index (χ1n) is 8.63. The molecule has 0 spiro atoms. The molecular weight excluding hydrogens is 426 g/mol. The van der Waals surface area contributed by atoms with E-state index in [9.17, 15) is 0 Å². The molecule has 2 aromatic carbocycles. The molecule has 27 heavy (non-hydrogen) atoms. The molecule has 7 heteroatoms. The highest BCUT2D eigenvalue weighted by Gasteiger charge is 2.17. The molecule has 1 saturated heterocycles. The molecule has 0 N–H and O–H groups in total. The molecule has 1 aliphatic heterocycles. The number of morpholine rings is 1. The van der Waals surface area contributed by atoms with Gasteiger partial charge in [-0.05, 0) is 12.1 Å². The molecule has 0 saturated carbocycles. The Morgan fingerprint density at radius 2 is 1.70 bits per heavy atom. The number of nitrogens with zero attached hydrogens (tertiary/aromatic N) is 3. The van der Waals surface area contributed by atoms with Crippen LogP contribution in [0.2, 0.25) is 0 Å². The molecule has 0 unspecified atom stereocenters. The molecule has 1 fully saturated rings. The van der Waals surface area contributed by atoms with Crippen LogP contribution in [0.5, 0.6) is 5.75 Å². The summed E-state index contributed by atoms with van der Waals surface area (Å²) in [5, 5.41) is 4.47. The topological polar surface area (TPSA) is 39.0 Å². The SMILES string of the molecule is Br.COc1ccccc1N=c1scc(-c2ccccc2)n1N1CCOCC1. The van der Waals surface area contributed by atoms with Crippen LogP contribution in [0.4, 0.5) is 5.69 Å². The second kappa shape index (κ2) is 9.21. The van der Waals surface area contributed by atoms with Crippen LogP contribution in [0.3, 0.4) is 0 Å². The summed E-state index contributed by atoms with van der Waals surface area (Å²) < 4.78 is 13.2. The number of hydrogen-bond acceptors (Lipinski definition) is 5. The normalized spacial score (nSPS) is 14.7. The van der Waals surface area contributed by atoms with Crippen molar-refractivity contribution in [3.8, 4) is 17.0 Å². The van der Waals surface area contributed by atoms with Gasteiger partial charge in [-0.15, -0.1) is 28.3 Å². The molecule has 0 aliphatic carbocycles. The Morgan fingerprint density at radius 3 is 2.44 bits per heavy atom. The van der Waals surface area contributed by atoms with Gasteiger partial charge in [0.1, 0.15) is 11.4 Å². The Kier molecular flexibility index (Phi) is 6.71.